The number of nitrogens with zero attached hydrogens (tertiary/aromatic N) is 1. The molecule has 0 aliphatic carbocycles. The highest BCUT2D eigenvalue weighted by atomic mass is 32.2. The molecule has 1 heterocycles. The van der Waals surface area contributed by atoms with Gasteiger partial charge in [-0.25, -0.2) is 8.42 Å². The lowest BCUT2D eigenvalue weighted by Gasteiger charge is -2.06. The van der Waals surface area contributed by atoms with Gasteiger partial charge in [-0.2, -0.15) is 0 Å². The smallest absolute Gasteiger partial charge is 0.263 e. The molecule has 1 aliphatic rings. The van der Waals surface area contributed by atoms with Crippen LogP contribution in [0.25, 0.3) is 0 Å². The quantitative estimate of drug-likeness (QED) is 0.848. The number of sulfonamides is 1. The van der Waals surface area contributed by atoms with E-state index in [0.29, 0.717) is 12.1 Å². The Morgan fingerprint density at radius 1 is 1.12 bits per heavy atom. The van der Waals surface area contributed by atoms with E-state index in [0.717, 1.165) is 6.42 Å². The third-order valence-corrected chi connectivity index (χ3v) is 5.42. The zero-order valence-electron chi connectivity index (χ0n) is 13.8. The highest BCUT2D eigenvalue weighted by Gasteiger charge is 2.30. The maximum Gasteiger partial charge on any atom is 0.263 e. The highest BCUT2D eigenvalue weighted by Crippen LogP contribution is 2.21. The number of aliphatic imine (C=N–C) groups is 1. The minimum Gasteiger partial charge on any atom is -0.354 e. The number of aryl methyl sites for hydroxylation is 1. The summed E-state index contributed by atoms with van der Waals surface area (Å²) in [5, 5.41) is 2.80. The summed E-state index contributed by atoms with van der Waals surface area (Å²) in [4.78, 5) is 16.3. The van der Waals surface area contributed by atoms with Crippen LogP contribution in [0.15, 0.2) is 58.4 Å². The van der Waals surface area contributed by atoms with E-state index in [1.165, 1.54) is 17.2 Å². The summed E-state index contributed by atoms with van der Waals surface area (Å²) in [5.41, 5.74) is 2.87. The van der Waals surface area contributed by atoms with Crippen LogP contribution in [0.5, 0.6) is 0 Å². The van der Waals surface area contributed by atoms with Gasteiger partial charge >= 0.3 is 0 Å². The molecule has 2 N–H and O–H groups in total. The van der Waals surface area contributed by atoms with E-state index >= 15 is 0 Å². The number of amides is 1. The number of fused-ring (bicyclic) bond motifs is 1. The Labute approximate surface area is 147 Å². The van der Waals surface area contributed by atoms with E-state index in [-0.39, 0.29) is 23.2 Å². The number of rotatable bonds is 5. The second-order valence-electron chi connectivity index (χ2n) is 5.79. The molecule has 0 saturated carbocycles. The molecule has 1 aliphatic heterocycles. The minimum absolute atomic E-state index is 0.125. The average Bonchev–Trinajstić information content (AvgIpc) is 2.86. The summed E-state index contributed by atoms with van der Waals surface area (Å²) in [6, 6.07) is 14.6. The van der Waals surface area contributed by atoms with Crippen molar-refractivity contribution in [2.45, 2.75) is 18.2 Å². The summed E-state index contributed by atoms with van der Waals surface area (Å²) in [6.07, 6.45) is 0.741. The molecule has 0 unspecified atom stereocenters. The van der Waals surface area contributed by atoms with Crippen molar-refractivity contribution in [1.82, 2.24) is 10.0 Å². The van der Waals surface area contributed by atoms with Gasteiger partial charge in [-0.15, -0.1) is 0 Å². The molecule has 6 nitrogen and oxygen atoms in total. The topological polar surface area (TPSA) is 87.6 Å². The maximum atomic E-state index is 12.0. The number of carbonyl (C=O) groups is 1. The number of hydrogen-bond acceptors (Lipinski definition) is 4. The molecule has 0 saturated heterocycles. The zero-order valence-corrected chi connectivity index (χ0v) is 14.6. The molecular formula is C18H19N3O3S. The van der Waals surface area contributed by atoms with Crippen LogP contribution >= 0.6 is 0 Å². The summed E-state index contributed by atoms with van der Waals surface area (Å²) >= 11 is 0. The van der Waals surface area contributed by atoms with Crippen LogP contribution in [0.1, 0.15) is 16.7 Å². The van der Waals surface area contributed by atoms with Crippen LogP contribution in [0, 0.1) is 6.92 Å². The molecular weight excluding hydrogens is 338 g/mol. The fraction of sp³-hybridized carbons (Fsp3) is 0.222. The second kappa shape index (κ2) is 7.06. The molecule has 1 amide bonds. The van der Waals surface area contributed by atoms with E-state index in [4.69, 9.17) is 0 Å². The molecule has 0 radical (unpaired) electrons. The predicted molar refractivity (Wildman–Crippen MR) is 96.1 cm³/mol. The van der Waals surface area contributed by atoms with Crippen LogP contribution in [0.4, 0.5) is 0 Å². The Morgan fingerprint density at radius 3 is 2.64 bits per heavy atom. The Hall–Kier alpha value is -2.67. The number of carbonyl (C=O) groups excluding carboxylic acids is 1. The van der Waals surface area contributed by atoms with Gasteiger partial charge in [0, 0.05) is 12.1 Å². The van der Waals surface area contributed by atoms with Gasteiger partial charge in [-0.1, -0.05) is 36.4 Å². The van der Waals surface area contributed by atoms with Gasteiger partial charge in [-0.05, 0) is 36.6 Å². The van der Waals surface area contributed by atoms with Crippen molar-refractivity contribution in [1.29, 1.82) is 0 Å². The Bertz CT molecular complexity index is 936. The van der Waals surface area contributed by atoms with Gasteiger partial charge in [0.05, 0.1) is 4.90 Å². The van der Waals surface area contributed by atoms with E-state index in [1.54, 1.807) is 18.2 Å². The number of nitrogens with one attached hydrogen (secondary N) is 2. The Morgan fingerprint density at radius 2 is 1.84 bits per heavy atom. The predicted octanol–water partition coefficient (Wildman–Crippen LogP) is 1.39. The standard InChI is InChI=1S/C18H19N3O3S/c1-13-6-2-3-7-14(13)10-11-19-17(22)12-20-18-15-8-4-5-9-16(15)25(23,24)21-18/h2-9H,10-12H2,1H3,(H,19,22)(H,20,21). The summed E-state index contributed by atoms with van der Waals surface area (Å²) in [6.45, 7) is 2.42. The lowest BCUT2D eigenvalue weighted by molar-refractivity contribution is -0.119. The third kappa shape index (κ3) is 3.88. The molecule has 2 aromatic carbocycles. The van der Waals surface area contributed by atoms with Crippen molar-refractivity contribution in [3.8, 4) is 0 Å². The minimum atomic E-state index is -3.57. The van der Waals surface area contributed by atoms with Crippen LogP contribution in [-0.2, 0) is 21.2 Å². The molecule has 130 valence electrons. The fourth-order valence-corrected chi connectivity index (χ4v) is 3.94. The summed E-state index contributed by atoms with van der Waals surface area (Å²) in [5.74, 6) is -0.0330. The molecule has 2 aromatic rings. The lowest BCUT2D eigenvalue weighted by atomic mass is 10.1. The van der Waals surface area contributed by atoms with Crippen molar-refractivity contribution in [3.63, 3.8) is 0 Å². The van der Waals surface area contributed by atoms with Crippen LogP contribution in [0.3, 0.4) is 0 Å². The molecule has 0 fully saturated rings. The first-order chi connectivity index (χ1) is 12.0. The Kier molecular flexibility index (Phi) is 4.85. The highest BCUT2D eigenvalue weighted by molar-refractivity contribution is 7.90. The monoisotopic (exact) mass is 357 g/mol. The first-order valence-corrected chi connectivity index (χ1v) is 9.43. The third-order valence-electron chi connectivity index (χ3n) is 4.02. The van der Waals surface area contributed by atoms with Gasteiger partial charge in [0.2, 0.25) is 5.91 Å². The van der Waals surface area contributed by atoms with Crippen LogP contribution < -0.4 is 10.0 Å². The average molecular weight is 357 g/mol. The molecule has 0 atom stereocenters. The largest absolute Gasteiger partial charge is 0.354 e. The molecule has 0 aromatic heterocycles. The van der Waals surface area contributed by atoms with Gasteiger partial charge in [-0.3, -0.25) is 14.5 Å². The number of amidine groups is 1. The molecule has 3 rings (SSSR count). The van der Waals surface area contributed by atoms with E-state index < -0.39 is 10.0 Å². The summed E-state index contributed by atoms with van der Waals surface area (Å²) < 4.78 is 26.3. The van der Waals surface area contributed by atoms with Gasteiger partial charge < -0.3 is 5.32 Å². The molecule has 0 spiro atoms. The first kappa shape index (κ1) is 17.2. The maximum absolute atomic E-state index is 12.0. The zero-order chi connectivity index (χ0) is 17.9. The van der Waals surface area contributed by atoms with Gasteiger partial charge in [0.15, 0.2) is 0 Å². The number of hydrogen-bond donors (Lipinski definition) is 2. The van der Waals surface area contributed by atoms with E-state index in [2.05, 4.69) is 15.0 Å². The second-order valence-corrected chi connectivity index (χ2v) is 7.44. The van der Waals surface area contributed by atoms with Crippen molar-refractivity contribution in [2.75, 3.05) is 13.1 Å². The number of benzene rings is 2. The van der Waals surface area contributed by atoms with Crippen molar-refractivity contribution in [3.05, 3.63) is 65.2 Å². The first-order valence-electron chi connectivity index (χ1n) is 7.95. The van der Waals surface area contributed by atoms with E-state index in [1.807, 2.05) is 31.2 Å². The van der Waals surface area contributed by atoms with E-state index in [9.17, 15) is 13.2 Å². The van der Waals surface area contributed by atoms with Crippen molar-refractivity contribution in [2.24, 2.45) is 4.99 Å². The van der Waals surface area contributed by atoms with Gasteiger partial charge in [0.1, 0.15) is 12.4 Å². The SMILES string of the molecule is Cc1ccccc1CCNC(=O)CN=C1NS(=O)(=O)c2ccccc21. The van der Waals surface area contributed by atoms with Crippen LogP contribution in [0.2, 0.25) is 0 Å². The van der Waals surface area contributed by atoms with Crippen LogP contribution in [-0.4, -0.2) is 33.3 Å². The molecule has 7 heteroatoms. The lowest BCUT2D eigenvalue weighted by Crippen LogP contribution is -2.29. The van der Waals surface area contributed by atoms with Gasteiger partial charge in [0.25, 0.3) is 10.0 Å². The van der Waals surface area contributed by atoms with Crippen molar-refractivity contribution >= 4 is 21.8 Å². The summed E-state index contributed by atoms with van der Waals surface area (Å²) in [7, 11) is -3.57. The molecule has 25 heavy (non-hydrogen) atoms. The fourth-order valence-electron chi connectivity index (χ4n) is 2.69. The van der Waals surface area contributed by atoms with Crippen molar-refractivity contribution < 1.29 is 13.2 Å². The normalized spacial score (nSPS) is 16.3. The Balaban J connectivity index is 1.58. The molecule has 0 bridgehead atoms.